The molecule has 6 aromatic rings. The summed E-state index contributed by atoms with van der Waals surface area (Å²) in [6.45, 7) is 5.09. The Labute approximate surface area is 431 Å². The van der Waals surface area contributed by atoms with Crippen LogP contribution in [0.2, 0.25) is 0 Å². The van der Waals surface area contributed by atoms with Crippen molar-refractivity contribution in [1.29, 1.82) is 0 Å². The third-order valence-corrected chi connectivity index (χ3v) is 11.7. The fourth-order valence-corrected chi connectivity index (χ4v) is 7.75. The zero-order valence-electron chi connectivity index (χ0n) is 39.8. The summed E-state index contributed by atoms with van der Waals surface area (Å²) in [7, 11) is 0. The number of nitrogens with zero attached hydrogens (tertiary/aromatic N) is 6. The number of ketones is 2. The van der Waals surface area contributed by atoms with Gasteiger partial charge >= 0.3 is 24.8 Å². The van der Waals surface area contributed by atoms with Gasteiger partial charge in [-0.25, -0.2) is 34.7 Å². The number of carboxylic acid groups (broad SMARTS) is 1. The van der Waals surface area contributed by atoms with Crippen molar-refractivity contribution in [3.63, 3.8) is 0 Å². The third kappa shape index (κ3) is 18.8. The number of aromatic nitrogens is 6. The van der Waals surface area contributed by atoms with E-state index in [1.807, 2.05) is 6.07 Å². The second kappa shape index (κ2) is 31.3. The number of aromatic carboxylic acids is 1. The first-order chi connectivity index (χ1) is 32.2. The minimum absolute atomic E-state index is 0. The maximum atomic E-state index is 12.8. The van der Waals surface area contributed by atoms with Gasteiger partial charge in [-0.05, 0) is 74.8 Å². The Morgan fingerprint density at radius 3 is 1.35 bits per heavy atom. The Balaban J connectivity index is 0.000000492. The van der Waals surface area contributed by atoms with Crippen LogP contribution in [0.1, 0.15) is 144 Å². The number of hydrogen-bond donors (Lipinski definition) is 6. The molecule has 10 N–H and O–H groups in total. The van der Waals surface area contributed by atoms with E-state index in [0.717, 1.165) is 69.1 Å². The number of Topliss-reactive ketones (excluding diaryl/α,β-unsaturated/α-hetero) is 2. The number of aliphatic hydroxyl groups is 2. The molecule has 6 aromatic heterocycles. The monoisotopic (exact) mass is 998 g/mol. The van der Waals surface area contributed by atoms with Crippen molar-refractivity contribution < 1.29 is 77.2 Å². The Morgan fingerprint density at radius 2 is 1.00 bits per heavy atom. The predicted molar refractivity (Wildman–Crippen MR) is 265 cm³/mol. The van der Waals surface area contributed by atoms with Crippen LogP contribution in [0.15, 0.2) is 87.0 Å². The number of carbonyl (C=O) groups is 3. The van der Waals surface area contributed by atoms with Crippen LogP contribution < -0.4 is 35.2 Å². The quantitative estimate of drug-likeness (QED) is 0.0546. The zero-order chi connectivity index (χ0) is 47.9. The standard InChI is InChI=1S/C16H19N3O3.C15H17N3O4.C10H7FN2O2.C7H15N.2CH4.Li.2H2O/c1-10(20)13-9-22-16(19-13)11-6-7-17-15(8-11)18-12-4-2-3-5-14(12)21;19-12-4-2-1-3-10(12)17-13-7-9(5-6-16-13)14-18-11(8-22-14)15(20)21;1-6(14)8-5-15-10(13-8)7-2-3-12-9(11)4-7;1-6-4-2-3-5-7(6)8;;;;;/h6-9,12,14,21H,2-5H2,1H3,(H,17,18);5-8,10,12,19H,1-4H2,(H,16,17)(H,20,21);2-5H,1H3;6-7H,2-5,8H2,1H3;2*1H4;;2*1H2/q;;;;;;+1;;/p-1/t12-,14-;10-,12-;;6-,7-;;;;;/m00.0...../s1. The zero-order valence-corrected chi connectivity index (χ0v) is 39.8. The van der Waals surface area contributed by atoms with Gasteiger partial charge in [-0.2, -0.15) is 4.39 Å². The molecule has 0 aromatic carbocycles. The van der Waals surface area contributed by atoms with Crippen molar-refractivity contribution in [2.45, 2.75) is 143 Å². The Bertz CT molecular complexity index is 2430. The molecule has 0 aliphatic heterocycles. The summed E-state index contributed by atoms with van der Waals surface area (Å²) in [6, 6.07) is 10.3. The molecular formula is C50H69FLiN9O11. The van der Waals surface area contributed by atoms with Gasteiger partial charge in [0.1, 0.15) is 41.8 Å². The fraction of sp³-hybridized carbons (Fsp3) is 0.460. The van der Waals surface area contributed by atoms with Crippen LogP contribution >= 0.6 is 0 Å². The molecule has 0 radical (unpaired) electrons. The molecule has 0 unspecified atom stereocenters. The van der Waals surface area contributed by atoms with Gasteiger partial charge in [-0.15, -0.1) is 0 Å². The number of oxazole rings is 3. The van der Waals surface area contributed by atoms with Crippen molar-refractivity contribution in [2.75, 3.05) is 10.6 Å². The number of carboxylic acids is 1. The summed E-state index contributed by atoms with van der Waals surface area (Å²) in [4.78, 5) is 57.0. The number of hydrogen-bond acceptors (Lipinski definition) is 18. The second-order valence-electron chi connectivity index (χ2n) is 16.9. The minimum Gasteiger partial charge on any atom is -0.870 e. The van der Waals surface area contributed by atoms with Crippen LogP contribution in [0, 0.1) is 11.9 Å². The molecule has 22 heteroatoms. The molecule has 9 rings (SSSR count). The van der Waals surface area contributed by atoms with Crippen LogP contribution in [0.5, 0.6) is 0 Å². The molecule has 0 saturated heterocycles. The molecule has 20 nitrogen and oxygen atoms in total. The van der Waals surface area contributed by atoms with E-state index in [1.54, 1.807) is 36.7 Å². The summed E-state index contributed by atoms with van der Waals surface area (Å²) >= 11 is 0. The van der Waals surface area contributed by atoms with Crippen LogP contribution in [0.3, 0.4) is 0 Å². The number of pyridine rings is 3. The summed E-state index contributed by atoms with van der Waals surface area (Å²) in [5, 5.41) is 35.4. The molecule has 388 valence electrons. The summed E-state index contributed by atoms with van der Waals surface area (Å²) < 4.78 is 28.3. The van der Waals surface area contributed by atoms with Gasteiger partial charge < -0.3 is 55.9 Å². The average Bonchev–Trinajstić information content (AvgIpc) is 4.13. The van der Waals surface area contributed by atoms with Crippen LogP contribution in [-0.4, -0.2) is 104 Å². The average molecular weight is 998 g/mol. The van der Waals surface area contributed by atoms with Gasteiger partial charge in [0.15, 0.2) is 17.3 Å². The fourth-order valence-electron chi connectivity index (χ4n) is 7.75. The van der Waals surface area contributed by atoms with Gasteiger partial charge in [0.05, 0.1) is 24.3 Å². The van der Waals surface area contributed by atoms with Gasteiger partial charge in [0.2, 0.25) is 23.6 Å². The molecule has 3 saturated carbocycles. The smallest absolute Gasteiger partial charge is 0.870 e. The largest absolute Gasteiger partial charge is 1.00 e. The number of rotatable bonds is 10. The first-order valence-corrected chi connectivity index (χ1v) is 22.5. The summed E-state index contributed by atoms with van der Waals surface area (Å²) in [6.07, 6.45) is 20.6. The molecule has 3 aliphatic carbocycles. The van der Waals surface area contributed by atoms with Crippen molar-refractivity contribution in [1.82, 2.24) is 29.9 Å². The number of halogens is 1. The molecule has 6 heterocycles. The van der Waals surface area contributed by atoms with Gasteiger partial charge in [-0.3, -0.25) is 9.59 Å². The number of nitrogens with two attached hydrogens (primary N) is 1. The van der Waals surface area contributed by atoms with Gasteiger partial charge in [0, 0.05) is 61.2 Å². The molecule has 3 fully saturated rings. The number of aliphatic hydroxyl groups excluding tert-OH is 2. The topological polar surface area (TPSA) is 340 Å². The normalized spacial score (nSPS) is 19.7. The second-order valence-corrected chi connectivity index (χ2v) is 16.9. The Hall–Kier alpha value is -6.18. The number of anilines is 2. The SMILES string of the molecule is C.C.CC(=O)c1coc(-c2ccnc(F)c2)n1.CC(=O)c1coc(-c2ccnc(N[C@H]3CCCC[C@@H]3O)c2)n1.C[C@H]1CCCC[C@@H]1N.O.O=C(O)c1coc(-c2ccnc(N[C@H]3CCCC[C@@H]3O)c2)n1.[Li+].[OH-]. The van der Waals surface area contributed by atoms with Crippen molar-refractivity contribution in [3.8, 4) is 34.4 Å². The number of carbonyl (C=O) groups excluding carboxylic acids is 2. The molecule has 72 heavy (non-hydrogen) atoms. The third-order valence-electron chi connectivity index (χ3n) is 11.7. The molecule has 0 amide bonds. The summed E-state index contributed by atoms with van der Waals surface area (Å²) in [5.74, 6) is 0.816. The van der Waals surface area contributed by atoms with E-state index < -0.39 is 11.9 Å². The Kier molecular flexibility index (Phi) is 27.8. The molecule has 3 aliphatic rings. The van der Waals surface area contributed by atoms with Crippen molar-refractivity contribution in [2.24, 2.45) is 11.7 Å². The predicted octanol–water partition coefficient (Wildman–Crippen LogP) is 5.68. The van der Waals surface area contributed by atoms with E-state index in [0.29, 0.717) is 40.4 Å². The van der Waals surface area contributed by atoms with E-state index in [-0.39, 0.29) is 104 Å². The van der Waals surface area contributed by atoms with Crippen LogP contribution in [-0.2, 0) is 0 Å². The number of nitrogens with one attached hydrogen (secondary N) is 2. The Morgan fingerprint density at radius 1 is 0.625 bits per heavy atom. The van der Waals surface area contributed by atoms with Crippen molar-refractivity contribution >= 4 is 29.2 Å². The maximum Gasteiger partial charge on any atom is 1.00 e. The van der Waals surface area contributed by atoms with Crippen LogP contribution in [0.4, 0.5) is 16.0 Å². The van der Waals surface area contributed by atoms with E-state index in [4.69, 9.17) is 24.1 Å². The van der Waals surface area contributed by atoms with E-state index in [1.165, 1.54) is 64.3 Å². The molecule has 0 bridgehead atoms. The van der Waals surface area contributed by atoms with Crippen LogP contribution in [0.25, 0.3) is 34.4 Å². The van der Waals surface area contributed by atoms with E-state index >= 15 is 0 Å². The van der Waals surface area contributed by atoms with Gasteiger partial charge in [0.25, 0.3) is 0 Å². The first-order valence-electron chi connectivity index (χ1n) is 22.5. The molecule has 0 spiro atoms. The van der Waals surface area contributed by atoms with Gasteiger partial charge in [-0.1, -0.05) is 60.3 Å². The molecular weight excluding hydrogens is 929 g/mol. The summed E-state index contributed by atoms with van der Waals surface area (Å²) in [5.41, 5.74) is 8.01. The molecule has 6 atom stereocenters. The van der Waals surface area contributed by atoms with Crippen molar-refractivity contribution in [3.05, 3.63) is 96.8 Å². The first kappa shape index (κ1) is 63.8. The maximum absolute atomic E-state index is 12.8. The van der Waals surface area contributed by atoms with E-state index in [9.17, 15) is 29.0 Å². The van der Waals surface area contributed by atoms with E-state index in [2.05, 4.69) is 47.5 Å². The minimum atomic E-state index is -1.13.